The lowest BCUT2D eigenvalue weighted by atomic mass is 10.1. The molecule has 4 N–H and O–H groups in total. The second-order valence-corrected chi connectivity index (χ2v) is 7.83. The molecule has 34 heavy (non-hydrogen) atoms. The Hall–Kier alpha value is -4.19. The Labute approximate surface area is 192 Å². The lowest BCUT2D eigenvalue weighted by Gasteiger charge is -2.16. The third kappa shape index (κ3) is 5.07. The molecule has 4 aromatic rings. The van der Waals surface area contributed by atoms with Gasteiger partial charge in [0, 0.05) is 23.6 Å². The van der Waals surface area contributed by atoms with Crippen LogP contribution in [0.5, 0.6) is 0 Å². The summed E-state index contributed by atoms with van der Waals surface area (Å²) < 4.78 is 41.6. The van der Waals surface area contributed by atoms with Crippen LogP contribution in [0.1, 0.15) is 11.1 Å². The van der Waals surface area contributed by atoms with Crippen LogP contribution in [-0.2, 0) is 12.7 Å². The molecule has 0 aliphatic rings. The molecule has 9 nitrogen and oxygen atoms in total. The first-order valence-corrected chi connectivity index (χ1v) is 10.1. The molecule has 0 radical (unpaired) electrons. The van der Waals surface area contributed by atoms with Gasteiger partial charge in [0.1, 0.15) is 18.2 Å². The molecule has 2 heterocycles. The van der Waals surface area contributed by atoms with Crippen molar-refractivity contribution in [3.63, 3.8) is 0 Å². The van der Waals surface area contributed by atoms with Gasteiger partial charge in [-0.1, -0.05) is 0 Å². The van der Waals surface area contributed by atoms with Gasteiger partial charge in [0.25, 0.3) is 0 Å². The van der Waals surface area contributed by atoms with Crippen LogP contribution in [0.2, 0.25) is 0 Å². The van der Waals surface area contributed by atoms with Gasteiger partial charge in [-0.2, -0.15) is 13.2 Å². The molecule has 176 valence electrons. The highest BCUT2D eigenvalue weighted by molar-refractivity contribution is 6.00. The first-order valence-electron chi connectivity index (χ1n) is 10.1. The molecule has 0 unspecified atom stereocenters. The van der Waals surface area contributed by atoms with Crippen LogP contribution in [0.3, 0.4) is 0 Å². The van der Waals surface area contributed by atoms with Gasteiger partial charge in [-0.15, -0.1) is 0 Å². The van der Waals surface area contributed by atoms with Crippen LogP contribution < -0.4 is 16.4 Å². The van der Waals surface area contributed by atoms with E-state index in [0.29, 0.717) is 34.6 Å². The SMILES string of the molecule is CN(C)Cc1cc(NC(=O)Nc2ccc(-n3cnc4ncnc(N)c43)cc2)cc(C(F)(F)F)c1. The van der Waals surface area contributed by atoms with E-state index in [-0.39, 0.29) is 11.5 Å². The van der Waals surface area contributed by atoms with E-state index in [4.69, 9.17) is 5.73 Å². The molecule has 0 aliphatic carbocycles. The van der Waals surface area contributed by atoms with Crippen LogP contribution in [0.15, 0.2) is 55.1 Å². The smallest absolute Gasteiger partial charge is 0.382 e. The fourth-order valence-corrected chi connectivity index (χ4v) is 3.46. The number of carbonyl (C=O) groups is 1. The summed E-state index contributed by atoms with van der Waals surface area (Å²) in [5.41, 5.74) is 7.72. The average molecular weight is 470 g/mol. The quantitative estimate of drug-likeness (QED) is 0.404. The number of hydrogen-bond acceptors (Lipinski definition) is 6. The minimum absolute atomic E-state index is 0.0427. The summed E-state index contributed by atoms with van der Waals surface area (Å²) in [7, 11) is 3.50. The van der Waals surface area contributed by atoms with Crippen molar-refractivity contribution < 1.29 is 18.0 Å². The van der Waals surface area contributed by atoms with E-state index in [2.05, 4.69) is 25.6 Å². The summed E-state index contributed by atoms with van der Waals surface area (Å²) in [6.45, 7) is 0.292. The fraction of sp³-hybridized carbons (Fsp3) is 0.182. The maximum Gasteiger partial charge on any atom is 0.416 e. The van der Waals surface area contributed by atoms with E-state index in [0.717, 1.165) is 12.1 Å². The third-order valence-electron chi connectivity index (χ3n) is 4.85. The number of halogens is 3. The van der Waals surface area contributed by atoms with Crippen molar-refractivity contribution in [3.8, 4) is 5.69 Å². The molecule has 2 aromatic heterocycles. The molecule has 0 saturated carbocycles. The Kier molecular flexibility index (Phi) is 6.07. The van der Waals surface area contributed by atoms with Gasteiger partial charge in [0.05, 0.1) is 5.56 Å². The first kappa shape index (κ1) is 23.0. The molecule has 2 aromatic carbocycles. The second kappa shape index (κ2) is 8.98. The van der Waals surface area contributed by atoms with E-state index < -0.39 is 17.8 Å². The Bertz CT molecular complexity index is 1330. The average Bonchev–Trinajstić information content (AvgIpc) is 3.18. The van der Waals surface area contributed by atoms with Crippen molar-refractivity contribution in [1.82, 2.24) is 24.4 Å². The van der Waals surface area contributed by atoms with Crippen molar-refractivity contribution in [1.29, 1.82) is 0 Å². The van der Waals surface area contributed by atoms with Crippen LogP contribution in [-0.4, -0.2) is 44.5 Å². The van der Waals surface area contributed by atoms with Gasteiger partial charge in [-0.05, 0) is 62.1 Å². The number of benzene rings is 2. The number of carbonyl (C=O) groups excluding carboxylic acids is 1. The molecule has 0 atom stereocenters. The van der Waals surface area contributed by atoms with Crippen molar-refractivity contribution in [2.75, 3.05) is 30.5 Å². The number of urea groups is 1. The lowest BCUT2D eigenvalue weighted by Crippen LogP contribution is -2.20. The van der Waals surface area contributed by atoms with Gasteiger partial charge < -0.3 is 21.3 Å². The predicted molar refractivity (Wildman–Crippen MR) is 123 cm³/mol. The number of nitrogens with zero attached hydrogens (tertiary/aromatic N) is 5. The Balaban J connectivity index is 1.50. The number of anilines is 3. The lowest BCUT2D eigenvalue weighted by molar-refractivity contribution is -0.137. The van der Waals surface area contributed by atoms with E-state index in [9.17, 15) is 18.0 Å². The predicted octanol–water partition coefficient (Wildman–Crippen LogP) is 4.12. The molecule has 0 aliphatic heterocycles. The van der Waals surface area contributed by atoms with Gasteiger partial charge in [-0.25, -0.2) is 19.7 Å². The van der Waals surface area contributed by atoms with Gasteiger partial charge in [-0.3, -0.25) is 4.57 Å². The summed E-state index contributed by atoms with van der Waals surface area (Å²) in [5, 5.41) is 5.09. The molecule has 0 bridgehead atoms. The monoisotopic (exact) mass is 470 g/mol. The summed E-state index contributed by atoms with van der Waals surface area (Å²) in [6.07, 6.45) is -1.64. The zero-order valence-electron chi connectivity index (χ0n) is 18.3. The molecular formula is C22H21F3N8O. The molecular weight excluding hydrogens is 449 g/mol. The highest BCUT2D eigenvalue weighted by atomic mass is 19.4. The minimum atomic E-state index is -4.53. The number of nitrogens with two attached hydrogens (primary N) is 1. The number of hydrogen-bond donors (Lipinski definition) is 3. The number of fused-ring (bicyclic) bond motifs is 1. The number of amides is 2. The van der Waals surface area contributed by atoms with Crippen molar-refractivity contribution in [3.05, 3.63) is 66.2 Å². The highest BCUT2D eigenvalue weighted by Gasteiger charge is 2.31. The number of imidazole rings is 1. The van der Waals surface area contributed by atoms with Crippen LogP contribution >= 0.6 is 0 Å². The number of aromatic nitrogens is 4. The topological polar surface area (TPSA) is 114 Å². The molecule has 0 spiro atoms. The second-order valence-electron chi connectivity index (χ2n) is 7.83. The molecule has 4 rings (SSSR count). The maximum atomic E-state index is 13.3. The van der Waals surface area contributed by atoms with Crippen molar-refractivity contribution >= 4 is 34.4 Å². The number of alkyl halides is 3. The molecule has 0 fully saturated rings. The Morgan fingerprint density at radius 1 is 1.03 bits per heavy atom. The molecule has 2 amide bonds. The standard InChI is InChI=1S/C22H21F3N8O/c1-32(2)10-13-7-14(22(23,24)25)9-16(8-13)31-21(34)30-15-3-5-17(6-4-15)33-12-29-20-18(33)19(26)27-11-28-20/h3-9,11-12H,10H2,1-2H3,(H2,26,27,28)(H2,30,31,34). The van der Waals surface area contributed by atoms with E-state index in [1.54, 1.807) is 54.2 Å². The number of rotatable bonds is 5. The van der Waals surface area contributed by atoms with Crippen LogP contribution in [0.25, 0.3) is 16.9 Å². The zero-order chi connectivity index (χ0) is 24.5. The summed E-state index contributed by atoms with van der Waals surface area (Å²) in [5.74, 6) is 0.277. The first-order chi connectivity index (χ1) is 16.1. The van der Waals surface area contributed by atoms with Gasteiger partial charge in [0.2, 0.25) is 0 Å². The Morgan fingerprint density at radius 2 is 1.74 bits per heavy atom. The fourth-order valence-electron chi connectivity index (χ4n) is 3.46. The maximum absolute atomic E-state index is 13.3. The summed E-state index contributed by atoms with van der Waals surface area (Å²) >= 11 is 0. The van der Waals surface area contributed by atoms with Crippen molar-refractivity contribution in [2.24, 2.45) is 0 Å². The Morgan fingerprint density at radius 3 is 2.41 bits per heavy atom. The van der Waals surface area contributed by atoms with E-state index >= 15 is 0 Å². The minimum Gasteiger partial charge on any atom is -0.382 e. The summed E-state index contributed by atoms with van der Waals surface area (Å²) in [4.78, 5) is 26.4. The van der Waals surface area contributed by atoms with Crippen LogP contribution in [0, 0.1) is 0 Å². The number of nitrogen functional groups attached to an aromatic ring is 1. The zero-order valence-corrected chi connectivity index (χ0v) is 18.3. The summed E-state index contributed by atoms with van der Waals surface area (Å²) in [6, 6.07) is 9.54. The van der Waals surface area contributed by atoms with Gasteiger partial charge >= 0.3 is 12.2 Å². The third-order valence-corrected chi connectivity index (χ3v) is 4.85. The molecule has 12 heteroatoms. The number of nitrogens with one attached hydrogen (secondary N) is 2. The van der Waals surface area contributed by atoms with Gasteiger partial charge in [0.15, 0.2) is 11.5 Å². The highest BCUT2D eigenvalue weighted by Crippen LogP contribution is 2.32. The molecule has 0 saturated heterocycles. The van der Waals surface area contributed by atoms with E-state index in [1.165, 1.54) is 12.4 Å². The largest absolute Gasteiger partial charge is 0.416 e. The van der Waals surface area contributed by atoms with Crippen LogP contribution in [0.4, 0.5) is 35.2 Å². The van der Waals surface area contributed by atoms with Crippen molar-refractivity contribution in [2.45, 2.75) is 12.7 Å². The van der Waals surface area contributed by atoms with E-state index in [1.807, 2.05) is 0 Å². The normalized spacial score (nSPS) is 11.7.